The van der Waals surface area contributed by atoms with Crippen molar-refractivity contribution in [1.29, 1.82) is 0 Å². The highest BCUT2D eigenvalue weighted by molar-refractivity contribution is 6.74. The molecule has 1 aliphatic heterocycles. The smallest absolute Gasteiger partial charge is 0.287 e. The van der Waals surface area contributed by atoms with E-state index in [-0.39, 0.29) is 33.0 Å². The SMILES string of the molecule is CCCCCCCCCCCCCCCC(=O)N[C@@H](CCCCN)[Si]C(=O)N1CCC[C@H]1C([Si])C(=O)N[C@@H](C)C(=O)N[C@@H](CCCCN)C(=O)C(N)=O. The Morgan fingerprint density at radius 3 is 1.83 bits per heavy atom. The predicted octanol–water partition coefficient (Wildman–Crippen LogP) is 3.46. The lowest BCUT2D eigenvalue weighted by molar-refractivity contribution is -0.139. The summed E-state index contributed by atoms with van der Waals surface area (Å²) >= 11 is 0. The Labute approximate surface area is 324 Å². The zero-order valence-electron chi connectivity index (χ0n) is 32.7. The second-order valence-electron chi connectivity index (χ2n) is 14.5. The molecule has 5 radical (unpaired) electrons. The van der Waals surface area contributed by atoms with E-state index in [0.29, 0.717) is 58.2 Å². The fourth-order valence-electron chi connectivity index (χ4n) is 6.64. The first kappa shape index (κ1) is 48.4. The Morgan fingerprint density at radius 1 is 0.736 bits per heavy atom. The third kappa shape index (κ3) is 21.2. The molecule has 1 fully saturated rings. The van der Waals surface area contributed by atoms with Crippen LogP contribution in [0.4, 0.5) is 4.79 Å². The van der Waals surface area contributed by atoms with E-state index in [1.165, 1.54) is 71.1 Å². The zero-order valence-corrected chi connectivity index (χ0v) is 34.7. The molecule has 1 unspecified atom stereocenters. The minimum atomic E-state index is -1.15. The van der Waals surface area contributed by atoms with Crippen LogP contribution in [0.15, 0.2) is 0 Å². The molecule has 5 atom stereocenters. The van der Waals surface area contributed by atoms with Gasteiger partial charge in [0.25, 0.3) is 5.91 Å². The highest BCUT2D eigenvalue weighted by Gasteiger charge is 2.37. The number of nitrogens with one attached hydrogen (secondary N) is 3. The van der Waals surface area contributed by atoms with Gasteiger partial charge in [0.05, 0.1) is 6.04 Å². The van der Waals surface area contributed by atoms with Crippen LogP contribution in [0.3, 0.4) is 0 Å². The van der Waals surface area contributed by atoms with E-state index in [1.54, 1.807) is 4.90 Å². The molecule has 15 heteroatoms. The van der Waals surface area contributed by atoms with Crippen LogP contribution in [0.5, 0.6) is 0 Å². The summed E-state index contributed by atoms with van der Waals surface area (Å²) in [5.41, 5.74) is 15.2. The van der Waals surface area contributed by atoms with Crippen LogP contribution in [0.25, 0.3) is 0 Å². The molecule has 5 amide bonds. The van der Waals surface area contributed by atoms with Crippen LogP contribution in [-0.2, 0) is 24.0 Å². The Hall–Kier alpha value is -2.63. The molecule has 1 saturated heterocycles. The third-order valence-electron chi connectivity index (χ3n) is 9.89. The van der Waals surface area contributed by atoms with Gasteiger partial charge in [-0.15, -0.1) is 0 Å². The molecule has 0 saturated carbocycles. The number of primary amides is 1. The van der Waals surface area contributed by atoms with Crippen LogP contribution < -0.4 is 33.2 Å². The van der Waals surface area contributed by atoms with E-state index in [4.69, 9.17) is 17.2 Å². The predicted molar refractivity (Wildman–Crippen MR) is 212 cm³/mol. The van der Waals surface area contributed by atoms with Crippen molar-refractivity contribution >= 4 is 54.7 Å². The maximum absolute atomic E-state index is 13.6. The standard InChI is InChI=1S/C38H70N7O6Si2/c1-3-4-5-6-7-8-9-10-11-12-13-14-15-23-31(46)44-32(24-17-19-26-40)53-38(51)45-27-20-22-30(45)34(52)37(50)42-28(2)36(49)43-29(21-16-18-25-39)33(47)35(41)48/h28-30,32,34H,3-27,39-40H2,1-2H3,(H2,41,48)(H,42,50)(H,43,49)(H,44,46)/t28-,29-,30-,32+,34?/m0/s1. The Balaban J connectivity index is 2.60. The lowest BCUT2D eigenvalue weighted by Gasteiger charge is -2.31. The van der Waals surface area contributed by atoms with Crippen LogP contribution >= 0.6 is 0 Å². The number of carbonyl (C=O) groups excluding carboxylic acids is 6. The van der Waals surface area contributed by atoms with Crippen molar-refractivity contribution in [2.75, 3.05) is 19.6 Å². The molecule has 1 rings (SSSR count). The lowest BCUT2D eigenvalue weighted by Crippen LogP contribution is -2.54. The molecule has 1 aliphatic rings. The summed E-state index contributed by atoms with van der Waals surface area (Å²) in [7, 11) is 3.36. The number of amides is 5. The van der Waals surface area contributed by atoms with Gasteiger partial charge in [-0.2, -0.15) is 0 Å². The average molecular weight is 777 g/mol. The number of nitrogens with two attached hydrogens (primary N) is 3. The number of Topliss-reactive ketones (excluding diaryl/α,β-unsaturated/α-hetero) is 1. The van der Waals surface area contributed by atoms with Gasteiger partial charge in [-0.1, -0.05) is 90.4 Å². The van der Waals surface area contributed by atoms with Crippen LogP contribution in [0, 0.1) is 0 Å². The molecule has 0 aromatic heterocycles. The van der Waals surface area contributed by atoms with E-state index < -0.39 is 47.2 Å². The van der Waals surface area contributed by atoms with Crippen LogP contribution in [0.1, 0.15) is 155 Å². The highest BCUT2D eigenvalue weighted by Crippen LogP contribution is 2.27. The molecule has 0 bridgehead atoms. The number of nitrogens with zero attached hydrogens (tertiary/aromatic N) is 1. The van der Waals surface area contributed by atoms with E-state index in [1.807, 2.05) is 0 Å². The molecule has 301 valence electrons. The summed E-state index contributed by atoms with van der Waals surface area (Å²) in [5.74, 6) is -3.22. The maximum Gasteiger partial charge on any atom is 0.287 e. The zero-order chi connectivity index (χ0) is 39.4. The van der Waals surface area contributed by atoms with Gasteiger partial charge >= 0.3 is 0 Å². The van der Waals surface area contributed by atoms with Crippen molar-refractivity contribution in [2.24, 2.45) is 17.2 Å². The van der Waals surface area contributed by atoms with Crippen molar-refractivity contribution < 1.29 is 28.8 Å². The van der Waals surface area contributed by atoms with Gasteiger partial charge in [0.1, 0.15) is 6.04 Å². The number of unbranched alkanes of at least 4 members (excludes halogenated alkanes) is 14. The number of rotatable bonds is 32. The van der Waals surface area contributed by atoms with Gasteiger partial charge in [0, 0.05) is 40.5 Å². The molecule has 9 N–H and O–H groups in total. The number of likely N-dealkylation sites (tertiary alicyclic amines) is 1. The summed E-state index contributed by atoms with van der Waals surface area (Å²) in [6, 6.07) is -2.57. The first-order valence-electron chi connectivity index (χ1n) is 20.4. The fourth-order valence-corrected chi connectivity index (χ4v) is 8.39. The Kier molecular flexibility index (Phi) is 27.1. The number of hydrogen-bond acceptors (Lipinski definition) is 8. The van der Waals surface area contributed by atoms with Crippen molar-refractivity contribution in [3.63, 3.8) is 0 Å². The van der Waals surface area contributed by atoms with E-state index in [2.05, 4.69) is 33.1 Å². The quantitative estimate of drug-likeness (QED) is 0.0337. The van der Waals surface area contributed by atoms with Gasteiger partial charge in [-0.25, -0.2) is 0 Å². The third-order valence-corrected chi connectivity index (χ3v) is 11.9. The summed E-state index contributed by atoms with van der Waals surface area (Å²) < 4.78 is 0. The van der Waals surface area contributed by atoms with Crippen LogP contribution in [0.2, 0.25) is 5.54 Å². The van der Waals surface area contributed by atoms with E-state index in [0.717, 1.165) is 32.1 Å². The first-order valence-corrected chi connectivity index (χ1v) is 22.0. The van der Waals surface area contributed by atoms with E-state index in [9.17, 15) is 28.8 Å². The summed E-state index contributed by atoms with van der Waals surface area (Å²) in [6.45, 7) is 5.15. The largest absolute Gasteiger partial charge is 0.363 e. The average Bonchev–Trinajstić information content (AvgIpc) is 3.63. The minimum Gasteiger partial charge on any atom is -0.363 e. The fraction of sp³-hybridized carbons (Fsp3) is 0.842. The number of carbonyl (C=O) groups is 6. The molecule has 0 aromatic carbocycles. The molecule has 0 spiro atoms. The van der Waals surface area contributed by atoms with Crippen molar-refractivity contribution in [3.8, 4) is 0 Å². The first-order chi connectivity index (χ1) is 25.5. The Morgan fingerprint density at radius 2 is 1.28 bits per heavy atom. The van der Waals surface area contributed by atoms with Gasteiger partial charge in [-0.3, -0.25) is 28.8 Å². The normalized spacial score (nSPS) is 16.4. The topological polar surface area (TPSA) is 220 Å². The monoisotopic (exact) mass is 776 g/mol. The number of hydrogen-bond donors (Lipinski definition) is 6. The molecule has 0 aromatic rings. The molecule has 13 nitrogen and oxygen atoms in total. The van der Waals surface area contributed by atoms with Gasteiger partial charge < -0.3 is 38.1 Å². The van der Waals surface area contributed by atoms with Gasteiger partial charge in [0.15, 0.2) is 15.1 Å². The molecular formula is C38H70N7O6Si2. The lowest BCUT2D eigenvalue weighted by atomic mass is 10.0. The molecule has 1 heterocycles. The second-order valence-corrected chi connectivity index (χ2v) is 16.6. The van der Waals surface area contributed by atoms with Crippen molar-refractivity contribution in [1.82, 2.24) is 20.9 Å². The minimum absolute atomic E-state index is 0.0344. The highest BCUT2D eigenvalue weighted by atomic mass is 28.2. The van der Waals surface area contributed by atoms with Crippen molar-refractivity contribution in [2.45, 2.75) is 184 Å². The van der Waals surface area contributed by atoms with E-state index >= 15 is 0 Å². The summed E-state index contributed by atoms with van der Waals surface area (Å²) in [4.78, 5) is 78.2. The summed E-state index contributed by atoms with van der Waals surface area (Å²) in [5, 5.41) is 8.30. The maximum atomic E-state index is 13.6. The molecular weight excluding hydrogens is 707 g/mol. The molecule has 53 heavy (non-hydrogen) atoms. The molecule has 0 aliphatic carbocycles. The van der Waals surface area contributed by atoms with Crippen LogP contribution in [-0.4, -0.2) is 103 Å². The second kappa shape index (κ2) is 29.7. The summed E-state index contributed by atoms with van der Waals surface area (Å²) in [6.07, 6.45) is 21.4. The number of ketones is 1. The van der Waals surface area contributed by atoms with Gasteiger partial charge in [0.2, 0.25) is 23.5 Å². The van der Waals surface area contributed by atoms with Gasteiger partial charge in [-0.05, 0) is 71.4 Å². The Bertz CT molecular complexity index is 1100. The van der Waals surface area contributed by atoms with Crippen molar-refractivity contribution in [3.05, 3.63) is 0 Å².